The largest absolute Gasteiger partial charge is 0.327 e. The lowest BCUT2D eigenvalue weighted by molar-refractivity contribution is 0.201. The van der Waals surface area contributed by atoms with E-state index in [1.165, 1.54) is 29.6 Å². The Kier molecular flexibility index (Phi) is 4.79. The molecule has 2 aromatic rings. The van der Waals surface area contributed by atoms with E-state index in [4.69, 9.17) is 5.73 Å². The van der Waals surface area contributed by atoms with Crippen molar-refractivity contribution in [2.24, 2.45) is 5.73 Å². The number of nitrogens with two attached hydrogens (primary N) is 1. The number of hydrogen-bond acceptors (Lipinski definition) is 4. The number of thiazole rings is 1. The molecule has 3 rings (SSSR count). The molecule has 0 aliphatic carbocycles. The second kappa shape index (κ2) is 6.18. The summed E-state index contributed by atoms with van der Waals surface area (Å²) in [5, 5.41) is 1.14. The zero-order valence-corrected chi connectivity index (χ0v) is 12.8. The third kappa shape index (κ3) is 3.45. The van der Waals surface area contributed by atoms with Crippen LogP contribution in [-0.2, 0) is 6.54 Å². The van der Waals surface area contributed by atoms with Crippen LogP contribution >= 0.6 is 23.7 Å². The number of piperidine rings is 1. The van der Waals surface area contributed by atoms with Crippen LogP contribution < -0.4 is 5.73 Å². The van der Waals surface area contributed by atoms with Gasteiger partial charge in [-0.2, -0.15) is 0 Å². The summed E-state index contributed by atoms with van der Waals surface area (Å²) in [6, 6.07) is 6.97. The van der Waals surface area contributed by atoms with Crippen molar-refractivity contribution >= 4 is 34.0 Å². The van der Waals surface area contributed by atoms with Gasteiger partial charge in [0.2, 0.25) is 0 Å². The van der Waals surface area contributed by atoms with Gasteiger partial charge in [0.25, 0.3) is 0 Å². The molecule has 2 N–H and O–H groups in total. The Labute approximate surface area is 124 Å². The summed E-state index contributed by atoms with van der Waals surface area (Å²) in [5.41, 5.74) is 8.52. The summed E-state index contributed by atoms with van der Waals surface area (Å²) in [7, 11) is 0. The molecule has 1 aromatic carbocycles. The summed E-state index contributed by atoms with van der Waals surface area (Å²) in [5.74, 6) is 0. The SMILES string of the molecule is Cc1nc2ccc(CN3CCC[C@@H](N)C3)cc2s1.Cl. The van der Waals surface area contributed by atoms with Gasteiger partial charge in [-0.1, -0.05) is 6.07 Å². The van der Waals surface area contributed by atoms with Gasteiger partial charge >= 0.3 is 0 Å². The third-order valence-electron chi connectivity index (χ3n) is 3.51. The molecule has 0 amide bonds. The highest BCUT2D eigenvalue weighted by Gasteiger charge is 2.16. The number of hydrogen-bond donors (Lipinski definition) is 1. The Morgan fingerprint density at radius 3 is 3.11 bits per heavy atom. The van der Waals surface area contributed by atoms with Crippen LogP contribution in [0.2, 0.25) is 0 Å². The molecule has 1 atom stereocenters. The Morgan fingerprint density at radius 1 is 1.47 bits per heavy atom. The van der Waals surface area contributed by atoms with E-state index in [-0.39, 0.29) is 12.4 Å². The van der Waals surface area contributed by atoms with Crippen LogP contribution in [0.3, 0.4) is 0 Å². The number of aryl methyl sites for hydroxylation is 1. The second-order valence-electron chi connectivity index (χ2n) is 5.17. The molecule has 1 aliphatic heterocycles. The van der Waals surface area contributed by atoms with Gasteiger partial charge < -0.3 is 5.73 Å². The average Bonchev–Trinajstić information content (AvgIpc) is 2.68. The van der Waals surface area contributed by atoms with Gasteiger partial charge in [0.1, 0.15) is 0 Å². The Morgan fingerprint density at radius 2 is 2.32 bits per heavy atom. The van der Waals surface area contributed by atoms with Gasteiger partial charge in [-0.05, 0) is 44.0 Å². The van der Waals surface area contributed by atoms with Crippen LogP contribution in [0.4, 0.5) is 0 Å². The summed E-state index contributed by atoms with van der Waals surface area (Å²) >= 11 is 1.77. The first kappa shape index (κ1) is 14.7. The molecule has 0 spiro atoms. The van der Waals surface area contributed by atoms with Crippen molar-refractivity contribution in [2.45, 2.75) is 32.4 Å². The van der Waals surface area contributed by atoms with Gasteiger partial charge in [-0.25, -0.2) is 4.98 Å². The Bertz CT molecular complexity index is 555. The number of halogens is 1. The smallest absolute Gasteiger partial charge is 0.0907 e. The van der Waals surface area contributed by atoms with E-state index in [0.29, 0.717) is 6.04 Å². The maximum atomic E-state index is 6.02. The lowest BCUT2D eigenvalue weighted by Crippen LogP contribution is -2.42. The van der Waals surface area contributed by atoms with E-state index < -0.39 is 0 Å². The Hall–Kier alpha value is -0.680. The second-order valence-corrected chi connectivity index (χ2v) is 6.41. The number of aromatic nitrogens is 1. The zero-order chi connectivity index (χ0) is 12.5. The van der Waals surface area contributed by atoms with E-state index in [1.807, 2.05) is 0 Å². The molecular weight excluding hydrogens is 278 g/mol. The van der Waals surface area contributed by atoms with Crippen molar-refractivity contribution in [3.05, 3.63) is 28.8 Å². The molecule has 0 bridgehead atoms. The standard InChI is InChI=1S/C14H19N3S.ClH/c1-10-16-13-5-4-11(7-14(13)18-10)8-17-6-2-3-12(15)9-17;/h4-5,7,12H,2-3,6,8-9,15H2,1H3;1H/t12-;/m1./s1. The highest BCUT2D eigenvalue weighted by Crippen LogP contribution is 2.23. The fraction of sp³-hybridized carbons (Fsp3) is 0.500. The number of likely N-dealkylation sites (tertiary alicyclic amines) is 1. The predicted octanol–water partition coefficient (Wildman–Crippen LogP) is 2.95. The molecule has 1 saturated heterocycles. The van der Waals surface area contributed by atoms with Gasteiger partial charge in [-0.3, -0.25) is 4.90 Å². The van der Waals surface area contributed by atoms with Crippen LogP contribution in [0.5, 0.6) is 0 Å². The normalized spacial score (nSPS) is 20.4. The van der Waals surface area contributed by atoms with Crippen LogP contribution in [0.15, 0.2) is 18.2 Å². The van der Waals surface area contributed by atoms with Gasteiger partial charge in [0.15, 0.2) is 0 Å². The molecule has 1 aliphatic rings. The number of nitrogens with zero attached hydrogens (tertiary/aromatic N) is 2. The first-order valence-corrected chi connectivity index (χ1v) is 7.36. The third-order valence-corrected chi connectivity index (χ3v) is 4.44. The first-order chi connectivity index (χ1) is 8.70. The van der Waals surface area contributed by atoms with Crippen LogP contribution in [0.1, 0.15) is 23.4 Å². The van der Waals surface area contributed by atoms with Crippen molar-refractivity contribution in [3.63, 3.8) is 0 Å². The van der Waals surface area contributed by atoms with Gasteiger partial charge in [0.05, 0.1) is 15.2 Å². The fourth-order valence-electron chi connectivity index (χ4n) is 2.68. The minimum atomic E-state index is 0. The predicted molar refractivity (Wildman–Crippen MR) is 84.1 cm³/mol. The summed E-state index contributed by atoms with van der Waals surface area (Å²) in [4.78, 5) is 6.96. The Balaban J connectivity index is 0.00000133. The molecule has 2 heterocycles. The molecule has 1 aromatic heterocycles. The molecule has 0 radical (unpaired) electrons. The molecule has 3 nitrogen and oxygen atoms in total. The number of rotatable bonds is 2. The van der Waals surface area contributed by atoms with E-state index in [9.17, 15) is 0 Å². The van der Waals surface area contributed by atoms with Crippen molar-refractivity contribution in [2.75, 3.05) is 13.1 Å². The van der Waals surface area contributed by atoms with Crippen molar-refractivity contribution < 1.29 is 0 Å². The van der Waals surface area contributed by atoms with E-state index in [1.54, 1.807) is 11.3 Å². The zero-order valence-electron chi connectivity index (χ0n) is 11.1. The summed E-state index contributed by atoms with van der Waals surface area (Å²) in [6.45, 7) is 5.28. The molecule has 0 unspecified atom stereocenters. The minimum absolute atomic E-state index is 0. The lowest BCUT2D eigenvalue weighted by atomic mass is 10.1. The fourth-order valence-corrected chi connectivity index (χ4v) is 3.57. The number of benzene rings is 1. The lowest BCUT2D eigenvalue weighted by Gasteiger charge is -2.30. The van der Waals surface area contributed by atoms with Crippen molar-refractivity contribution in [1.82, 2.24) is 9.88 Å². The minimum Gasteiger partial charge on any atom is -0.327 e. The molecule has 0 saturated carbocycles. The topological polar surface area (TPSA) is 42.2 Å². The maximum Gasteiger partial charge on any atom is 0.0907 e. The highest BCUT2D eigenvalue weighted by molar-refractivity contribution is 7.18. The monoisotopic (exact) mass is 297 g/mol. The van der Waals surface area contributed by atoms with Crippen molar-refractivity contribution in [3.8, 4) is 0 Å². The van der Waals surface area contributed by atoms with E-state index in [0.717, 1.165) is 23.6 Å². The first-order valence-electron chi connectivity index (χ1n) is 6.55. The average molecular weight is 298 g/mol. The number of fused-ring (bicyclic) bond motifs is 1. The molecular formula is C14H20ClN3S. The van der Waals surface area contributed by atoms with Crippen molar-refractivity contribution in [1.29, 1.82) is 0 Å². The van der Waals surface area contributed by atoms with Crippen LogP contribution in [0.25, 0.3) is 10.2 Å². The summed E-state index contributed by atoms with van der Waals surface area (Å²) in [6.07, 6.45) is 2.40. The van der Waals surface area contributed by atoms with Crippen LogP contribution in [-0.4, -0.2) is 29.0 Å². The van der Waals surface area contributed by atoms with Crippen LogP contribution in [0, 0.1) is 6.92 Å². The van der Waals surface area contributed by atoms with Gasteiger partial charge in [0, 0.05) is 19.1 Å². The summed E-state index contributed by atoms with van der Waals surface area (Å²) < 4.78 is 1.30. The van der Waals surface area contributed by atoms with E-state index in [2.05, 4.69) is 35.0 Å². The van der Waals surface area contributed by atoms with Gasteiger partial charge in [-0.15, -0.1) is 23.7 Å². The molecule has 104 valence electrons. The molecule has 5 heteroatoms. The molecule has 1 fully saturated rings. The molecule has 19 heavy (non-hydrogen) atoms. The van der Waals surface area contributed by atoms with E-state index >= 15 is 0 Å². The quantitative estimate of drug-likeness (QED) is 0.927. The highest BCUT2D eigenvalue weighted by atomic mass is 35.5. The maximum absolute atomic E-state index is 6.02.